The van der Waals surface area contributed by atoms with Gasteiger partial charge in [-0.05, 0) is 89.0 Å². The van der Waals surface area contributed by atoms with Crippen LogP contribution in [0.5, 0.6) is 0 Å². The van der Waals surface area contributed by atoms with Crippen molar-refractivity contribution in [3.8, 4) is 33.6 Å². The lowest BCUT2D eigenvalue weighted by Crippen LogP contribution is -1.96. The van der Waals surface area contributed by atoms with E-state index in [1.165, 1.54) is 11.1 Å². The number of nitrogens with zero attached hydrogens (tertiary/aromatic N) is 4. The third-order valence-electron chi connectivity index (χ3n) is 8.60. The van der Waals surface area contributed by atoms with Crippen LogP contribution in [0.1, 0.15) is 0 Å². The summed E-state index contributed by atoms with van der Waals surface area (Å²) in [7, 11) is 0. The molecule has 0 aliphatic rings. The molecule has 0 radical (unpaired) electrons. The molecule has 9 aromatic rings. The van der Waals surface area contributed by atoms with E-state index in [9.17, 15) is 0 Å². The molecule has 4 nitrogen and oxygen atoms in total. The Bertz CT molecular complexity index is 2450. The summed E-state index contributed by atoms with van der Waals surface area (Å²) in [6.45, 7) is 0. The molecule has 5 aromatic carbocycles. The van der Waals surface area contributed by atoms with Crippen molar-refractivity contribution in [3.05, 3.63) is 158 Å². The first-order chi connectivity index (χ1) is 21.8. The van der Waals surface area contributed by atoms with E-state index in [2.05, 4.69) is 143 Å². The van der Waals surface area contributed by atoms with Crippen LogP contribution in [0.15, 0.2) is 158 Å². The standard InChI is InChI=1S/C40H26N4/c1-2-10-27(11-3-1)30-20-21-36-34(26-30)40-38(19-9-23-42-40)44(36)32-15-7-13-29(25-32)28-12-6-14-31(24-28)43-35-17-5-4-16-33(35)39-37(43)18-8-22-41-39/h1-26H. The second-order valence-corrected chi connectivity index (χ2v) is 11.1. The van der Waals surface area contributed by atoms with Gasteiger partial charge in [0.15, 0.2) is 0 Å². The van der Waals surface area contributed by atoms with Gasteiger partial charge in [-0.25, -0.2) is 0 Å². The lowest BCUT2D eigenvalue weighted by atomic mass is 10.0. The van der Waals surface area contributed by atoms with Crippen LogP contribution in [-0.4, -0.2) is 19.1 Å². The number of hydrogen-bond acceptors (Lipinski definition) is 2. The number of fused-ring (bicyclic) bond motifs is 6. The molecule has 0 atom stereocenters. The third-order valence-corrected chi connectivity index (χ3v) is 8.60. The first kappa shape index (κ1) is 24.6. The zero-order valence-corrected chi connectivity index (χ0v) is 23.8. The fourth-order valence-corrected chi connectivity index (χ4v) is 6.63. The smallest absolute Gasteiger partial charge is 0.0963 e. The number of hydrogen-bond donors (Lipinski definition) is 0. The molecule has 0 amide bonds. The molecule has 44 heavy (non-hydrogen) atoms. The summed E-state index contributed by atoms with van der Waals surface area (Å²) in [6.07, 6.45) is 3.75. The average molecular weight is 563 g/mol. The molecule has 0 unspecified atom stereocenters. The lowest BCUT2D eigenvalue weighted by molar-refractivity contribution is 1.17. The van der Waals surface area contributed by atoms with E-state index in [0.717, 1.165) is 66.4 Å². The first-order valence-corrected chi connectivity index (χ1v) is 14.8. The lowest BCUT2D eigenvalue weighted by Gasteiger charge is -2.12. The Morgan fingerprint density at radius 3 is 1.55 bits per heavy atom. The Kier molecular flexibility index (Phi) is 5.47. The topological polar surface area (TPSA) is 35.6 Å². The molecule has 206 valence electrons. The van der Waals surface area contributed by atoms with E-state index < -0.39 is 0 Å². The number of benzene rings is 5. The highest BCUT2D eigenvalue weighted by atomic mass is 15.0. The van der Waals surface area contributed by atoms with Crippen LogP contribution in [0, 0.1) is 0 Å². The van der Waals surface area contributed by atoms with Crippen LogP contribution in [0.25, 0.3) is 77.5 Å². The molecule has 4 aromatic heterocycles. The second-order valence-electron chi connectivity index (χ2n) is 11.1. The van der Waals surface area contributed by atoms with Gasteiger partial charge >= 0.3 is 0 Å². The van der Waals surface area contributed by atoms with Gasteiger partial charge in [-0.2, -0.15) is 0 Å². The molecule has 0 bridgehead atoms. The highest BCUT2D eigenvalue weighted by Gasteiger charge is 2.16. The molecular weight excluding hydrogens is 536 g/mol. The van der Waals surface area contributed by atoms with Crippen molar-refractivity contribution in [3.63, 3.8) is 0 Å². The predicted molar refractivity (Wildman–Crippen MR) is 182 cm³/mol. The van der Waals surface area contributed by atoms with Gasteiger partial charge in [-0.15, -0.1) is 0 Å². The Labute approximate surface area is 254 Å². The number of para-hydroxylation sites is 1. The van der Waals surface area contributed by atoms with Crippen LogP contribution in [0.4, 0.5) is 0 Å². The maximum absolute atomic E-state index is 4.83. The zero-order valence-electron chi connectivity index (χ0n) is 23.8. The summed E-state index contributed by atoms with van der Waals surface area (Å²) in [5.74, 6) is 0. The zero-order chi connectivity index (χ0) is 29.0. The Hall–Kier alpha value is -6.00. The van der Waals surface area contributed by atoms with Crippen molar-refractivity contribution in [1.29, 1.82) is 0 Å². The Morgan fingerprint density at radius 1 is 0.341 bits per heavy atom. The minimum Gasteiger partial charge on any atom is -0.308 e. The van der Waals surface area contributed by atoms with E-state index in [1.54, 1.807) is 0 Å². The number of pyridine rings is 2. The summed E-state index contributed by atoms with van der Waals surface area (Å²) in [5, 5.41) is 2.31. The monoisotopic (exact) mass is 562 g/mol. The van der Waals surface area contributed by atoms with Crippen molar-refractivity contribution in [2.45, 2.75) is 0 Å². The summed E-state index contributed by atoms with van der Waals surface area (Å²) >= 11 is 0. The fraction of sp³-hybridized carbons (Fsp3) is 0. The fourth-order valence-electron chi connectivity index (χ4n) is 6.63. The summed E-state index contributed by atoms with van der Waals surface area (Å²) in [4.78, 5) is 9.55. The maximum atomic E-state index is 4.83. The van der Waals surface area contributed by atoms with Gasteiger partial charge in [0, 0.05) is 34.5 Å². The molecule has 9 rings (SSSR count). The molecular formula is C40H26N4. The van der Waals surface area contributed by atoms with Gasteiger partial charge in [-0.3, -0.25) is 9.97 Å². The van der Waals surface area contributed by atoms with Crippen molar-refractivity contribution in [2.24, 2.45) is 0 Å². The van der Waals surface area contributed by atoms with Crippen molar-refractivity contribution < 1.29 is 0 Å². The number of aromatic nitrogens is 4. The van der Waals surface area contributed by atoms with Gasteiger partial charge in [0.2, 0.25) is 0 Å². The van der Waals surface area contributed by atoms with E-state index >= 15 is 0 Å². The summed E-state index contributed by atoms with van der Waals surface area (Å²) in [5.41, 5.74) is 13.4. The quantitative estimate of drug-likeness (QED) is 0.214. The Morgan fingerprint density at radius 2 is 0.864 bits per heavy atom. The largest absolute Gasteiger partial charge is 0.308 e. The van der Waals surface area contributed by atoms with Crippen LogP contribution >= 0.6 is 0 Å². The summed E-state index contributed by atoms with van der Waals surface area (Å²) < 4.78 is 4.65. The molecule has 0 aliphatic carbocycles. The SMILES string of the molecule is c1ccc(-c2ccc3c(c2)c2ncccc2n3-c2cccc(-c3cccc(-n4c5ccccc5c5ncccc54)c3)c2)cc1. The minimum absolute atomic E-state index is 1.01. The van der Waals surface area contributed by atoms with Crippen LogP contribution < -0.4 is 0 Å². The highest BCUT2D eigenvalue weighted by molar-refractivity contribution is 6.09. The van der Waals surface area contributed by atoms with E-state index in [4.69, 9.17) is 9.97 Å². The third kappa shape index (κ3) is 3.78. The predicted octanol–water partition coefficient (Wildman–Crippen LogP) is 10.0. The van der Waals surface area contributed by atoms with Crippen LogP contribution in [-0.2, 0) is 0 Å². The van der Waals surface area contributed by atoms with Gasteiger partial charge in [0.05, 0.1) is 33.1 Å². The van der Waals surface area contributed by atoms with Gasteiger partial charge < -0.3 is 9.13 Å². The Balaban J connectivity index is 1.20. The molecule has 0 saturated heterocycles. The van der Waals surface area contributed by atoms with Crippen LogP contribution in [0.3, 0.4) is 0 Å². The normalized spacial score (nSPS) is 11.6. The van der Waals surface area contributed by atoms with E-state index in [-0.39, 0.29) is 0 Å². The van der Waals surface area contributed by atoms with Gasteiger partial charge in [0.1, 0.15) is 0 Å². The first-order valence-electron chi connectivity index (χ1n) is 14.8. The molecule has 0 spiro atoms. The van der Waals surface area contributed by atoms with E-state index in [1.807, 2.05) is 24.5 Å². The van der Waals surface area contributed by atoms with Crippen molar-refractivity contribution in [1.82, 2.24) is 19.1 Å². The highest BCUT2D eigenvalue weighted by Crippen LogP contribution is 2.36. The van der Waals surface area contributed by atoms with Gasteiger partial charge in [-0.1, -0.05) is 78.9 Å². The second kappa shape index (κ2) is 9.79. The molecule has 4 heterocycles. The van der Waals surface area contributed by atoms with Crippen molar-refractivity contribution >= 4 is 43.9 Å². The minimum atomic E-state index is 1.01. The maximum Gasteiger partial charge on any atom is 0.0963 e. The average Bonchev–Trinajstić information content (AvgIpc) is 3.61. The van der Waals surface area contributed by atoms with Crippen molar-refractivity contribution in [2.75, 3.05) is 0 Å². The van der Waals surface area contributed by atoms with E-state index in [0.29, 0.717) is 0 Å². The molecule has 0 saturated carbocycles. The number of rotatable bonds is 4. The molecule has 0 N–H and O–H groups in total. The van der Waals surface area contributed by atoms with Gasteiger partial charge in [0.25, 0.3) is 0 Å². The molecule has 4 heteroatoms. The summed E-state index contributed by atoms with van der Waals surface area (Å²) in [6, 6.07) is 51.6. The van der Waals surface area contributed by atoms with Crippen LogP contribution in [0.2, 0.25) is 0 Å². The molecule has 0 aliphatic heterocycles. The molecule has 0 fully saturated rings.